The lowest BCUT2D eigenvalue weighted by atomic mass is 10.1. The number of carbonyl (C=O) groups excluding carboxylic acids is 1. The molecule has 6 heteroatoms. The van der Waals surface area contributed by atoms with Crippen LogP contribution in [0.15, 0.2) is 29.2 Å². The number of halogens is 1. The van der Waals surface area contributed by atoms with E-state index in [1.165, 1.54) is 18.2 Å². The van der Waals surface area contributed by atoms with Gasteiger partial charge in [0.1, 0.15) is 0 Å². The van der Waals surface area contributed by atoms with Crippen LogP contribution in [-0.4, -0.2) is 31.8 Å². The van der Waals surface area contributed by atoms with Crippen molar-refractivity contribution in [2.24, 2.45) is 0 Å². The maximum absolute atomic E-state index is 12.3. The molecule has 1 amide bonds. The van der Waals surface area contributed by atoms with E-state index in [1.807, 2.05) is 20.8 Å². The minimum Gasteiger partial charge on any atom is -0.336 e. The molecule has 0 N–H and O–H groups in total. The second kappa shape index (κ2) is 6.39. The van der Waals surface area contributed by atoms with E-state index >= 15 is 0 Å². The van der Waals surface area contributed by atoms with Gasteiger partial charge in [-0.2, -0.15) is 0 Å². The molecule has 0 radical (unpaired) electrons. The molecule has 0 bridgehead atoms. The Morgan fingerprint density at radius 1 is 1.37 bits per heavy atom. The Labute approximate surface area is 118 Å². The summed E-state index contributed by atoms with van der Waals surface area (Å²) in [7, 11) is 1.47. The van der Waals surface area contributed by atoms with Gasteiger partial charge in [0.2, 0.25) is 0 Å². The van der Waals surface area contributed by atoms with Crippen LogP contribution in [0.1, 0.15) is 37.6 Å². The third kappa shape index (κ3) is 4.21. The first-order chi connectivity index (χ1) is 8.77. The van der Waals surface area contributed by atoms with Gasteiger partial charge in [0.15, 0.2) is 0 Å². The molecule has 0 spiro atoms. The number of rotatable bonds is 5. The van der Waals surface area contributed by atoms with E-state index in [1.54, 1.807) is 11.0 Å². The number of nitrogens with zero attached hydrogens (tertiary/aromatic N) is 1. The van der Waals surface area contributed by atoms with Crippen molar-refractivity contribution < 1.29 is 13.2 Å². The van der Waals surface area contributed by atoms with E-state index in [-0.39, 0.29) is 16.8 Å². The van der Waals surface area contributed by atoms with Crippen LogP contribution in [0.3, 0.4) is 0 Å². The predicted molar refractivity (Wildman–Crippen MR) is 75.9 cm³/mol. The van der Waals surface area contributed by atoms with Crippen molar-refractivity contribution in [2.45, 2.75) is 38.1 Å². The molecule has 1 aromatic carbocycles. The van der Waals surface area contributed by atoms with E-state index in [0.29, 0.717) is 12.1 Å². The summed E-state index contributed by atoms with van der Waals surface area (Å²) in [5.74, 6) is -0.181. The average molecular weight is 304 g/mol. The van der Waals surface area contributed by atoms with Crippen LogP contribution in [0.4, 0.5) is 0 Å². The zero-order chi connectivity index (χ0) is 14.6. The highest BCUT2D eigenvalue weighted by Gasteiger charge is 2.19. The van der Waals surface area contributed by atoms with Crippen LogP contribution >= 0.6 is 10.7 Å². The lowest BCUT2D eigenvalue weighted by Crippen LogP contribution is -2.37. The molecular weight excluding hydrogens is 286 g/mol. The van der Waals surface area contributed by atoms with E-state index in [4.69, 9.17) is 10.7 Å². The third-order valence-corrected chi connectivity index (χ3v) is 4.06. The zero-order valence-electron chi connectivity index (χ0n) is 11.3. The Balaban J connectivity index is 3.12. The van der Waals surface area contributed by atoms with Crippen molar-refractivity contribution in [1.29, 1.82) is 0 Å². The SMILES string of the molecule is CCCN(C(=O)c1cccc(S(=O)(=O)Cl)c1)C(C)C. The maximum atomic E-state index is 12.3. The van der Waals surface area contributed by atoms with E-state index in [0.717, 1.165) is 6.42 Å². The molecule has 0 aliphatic carbocycles. The first kappa shape index (κ1) is 16.0. The Kier molecular flexibility index (Phi) is 5.38. The highest BCUT2D eigenvalue weighted by Crippen LogP contribution is 2.18. The Morgan fingerprint density at radius 3 is 2.47 bits per heavy atom. The van der Waals surface area contributed by atoms with Gasteiger partial charge < -0.3 is 4.90 Å². The third-order valence-electron chi connectivity index (χ3n) is 2.71. The Hall–Kier alpha value is -1.07. The second-order valence-electron chi connectivity index (χ2n) is 4.56. The first-order valence-electron chi connectivity index (χ1n) is 6.13. The van der Waals surface area contributed by atoms with Crippen molar-refractivity contribution >= 4 is 25.6 Å². The maximum Gasteiger partial charge on any atom is 0.261 e. The summed E-state index contributed by atoms with van der Waals surface area (Å²) < 4.78 is 22.6. The Morgan fingerprint density at radius 2 is 2.00 bits per heavy atom. The largest absolute Gasteiger partial charge is 0.336 e. The molecule has 0 saturated carbocycles. The van der Waals surface area contributed by atoms with Gasteiger partial charge in [-0.1, -0.05) is 13.0 Å². The zero-order valence-corrected chi connectivity index (χ0v) is 12.8. The van der Waals surface area contributed by atoms with Gasteiger partial charge in [-0.05, 0) is 38.5 Å². The van der Waals surface area contributed by atoms with Gasteiger partial charge in [-0.15, -0.1) is 0 Å². The molecule has 0 aliphatic heterocycles. The highest BCUT2D eigenvalue weighted by atomic mass is 35.7. The minimum absolute atomic E-state index is 0.0554. The van der Waals surface area contributed by atoms with Gasteiger partial charge in [-0.3, -0.25) is 4.79 Å². The summed E-state index contributed by atoms with van der Waals surface area (Å²) in [5, 5.41) is 0. The van der Waals surface area contributed by atoms with Crippen molar-refractivity contribution in [2.75, 3.05) is 6.54 Å². The summed E-state index contributed by atoms with van der Waals surface area (Å²) in [6, 6.07) is 5.86. The van der Waals surface area contributed by atoms with Crippen molar-refractivity contribution in [3.8, 4) is 0 Å². The van der Waals surface area contributed by atoms with Crippen molar-refractivity contribution in [3.05, 3.63) is 29.8 Å². The lowest BCUT2D eigenvalue weighted by Gasteiger charge is -2.26. The summed E-state index contributed by atoms with van der Waals surface area (Å²) in [4.78, 5) is 14.0. The smallest absolute Gasteiger partial charge is 0.261 e. The monoisotopic (exact) mass is 303 g/mol. The molecule has 1 rings (SSSR count). The number of carbonyl (C=O) groups is 1. The molecule has 0 unspecified atom stereocenters. The number of hydrogen-bond donors (Lipinski definition) is 0. The van der Waals surface area contributed by atoms with E-state index in [2.05, 4.69) is 0 Å². The first-order valence-corrected chi connectivity index (χ1v) is 8.44. The van der Waals surface area contributed by atoms with Gasteiger partial charge in [0, 0.05) is 28.8 Å². The van der Waals surface area contributed by atoms with Gasteiger partial charge >= 0.3 is 0 Å². The van der Waals surface area contributed by atoms with Crippen LogP contribution in [0.25, 0.3) is 0 Å². The van der Waals surface area contributed by atoms with Gasteiger partial charge in [-0.25, -0.2) is 8.42 Å². The predicted octanol–water partition coefficient (Wildman–Crippen LogP) is 2.87. The molecular formula is C13H18ClNO3S. The lowest BCUT2D eigenvalue weighted by molar-refractivity contribution is 0.0705. The van der Waals surface area contributed by atoms with Crippen LogP contribution in [0.2, 0.25) is 0 Å². The average Bonchev–Trinajstić information content (AvgIpc) is 2.34. The standard InChI is InChI=1S/C13H18ClNO3S/c1-4-8-15(10(2)3)13(16)11-6-5-7-12(9-11)19(14,17)18/h5-7,9-10H,4,8H2,1-3H3. The van der Waals surface area contributed by atoms with Crippen molar-refractivity contribution in [3.63, 3.8) is 0 Å². The molecule has 0 aromatic heterocycles. The molecule has 0 saturated heterocycles. The molecule has 0 aliphatic rings. The number of hydrogen-bond acceptors (Lipinski definition) is 3. The van der Waals surface area contributed by atoms with Crippen LogP contribution < -0.4 is 0 Å². The minimum atomic E-state index is -3.82. The molecule has 106 valence electrons. The molecule has 0 heterocycles. The quantitative estimate of drug-likeness (QED) is 0.786. The molecule has 19 heavy (non-hydrogen) atoms. The second-order valence-corrected chi connectivity index (χ2v) is 7.12. The van der Waals surface area contributed by atoms with Crippen LogP contribution in [0, 0.1) is 0 Å². The fourth-order valence-electron chi connectivity index (χ4n) is 1.78. The summed E-state index contributed by atoms with van der Waals surface area (Å²) >= 11 is 0. The van der Waals surface area contributed by atoms with Crippen molar-refractivity contribution in [1.82, 2.24) is 4.90 Å². The summed E-state index contributed by atoms with van der Waals surface area (Å²) in [6.07, 6.45) is 0.845. The molecule has 4 nitrogen and oxygen atoms in total. The fraction of sp³-hybridized carbons (Fsp3) is 0.462. The van der Waals surface area contributed by atoms with E-state index < -0.39 is 9.05 Å². The number of amides is 1. The topological polar surface area (TPSA) is 54.5 Å². The number of benzene rings is 1. The van der Waals surface area contributed by atoms with E-state index in [9.17, 15) is 13.2 Å². The molecule has 0 atom stereocenters. The van der Waals surface area contributed by atoms with Gasteiger partial charge in [0.05, 0.1) is 4.90 Å². The normalized spacial score (nSPS) is 11.6. The molecule has 1 aromatic rings. The summed E-state index contributed by atoms with van der Waals surface area (Å²) in [6.45, 7) is 6.47. The summed E-state index contributed by atoms with van der Waals surface area (Å²) in [5.41, 5.74) is 0.337. The van der Waals surface area contributed by atoms with Crippen LogP contribution in [-0.2, 0) is 9.05 Å². The highest BCUT2D eigenvalue weighted by molar-refractivity contribution is 8.13. The molecule has 0 fully saturated rings. The van der Waals surface area contributed by atoms with Gasteiger partial charge in [0.25, 0.3) is 15.0 Å². The Bertz CT molecular complexity index is 555. The fourth-order valence-corrected chi connectivity index (χ4v) is 2.58. The van der Waals surface area contributed by atoms with Crippen LogP contribution in [0.5, 0.6) is 0 Å².